The van der Waals surface area contributed by atoms with Gasteiger partial charge in [-0.1, -0.05) is 60.7 Å². The molecule has 0 aromatic heterocycles. The Morgan fingerprint density at radius 2 is 1.53 bits per heavy atom. The quantitative estimate of drug-likeness (QED) is 0.891. The predicted molar refractivity (Wildman–Crippen MR) is 75.9 cm³/mol. The molecular formula is C16H16N2O. The number of hydrogen-bond acceptors (Lipinski definition) is 3. The maximum absolute atomic E-state index is 10.6. The summed E-state index contributed by atoms with van der Waals surface area (Å²) in [6.07, 6.45) is -0.602. The Bertz CT molecular complexity index is 580. The Morgan fingerprint density at radius 3 is 2.16 bits per heavy atom. The number of aliphatic hydroxyl groups is 1. The highest BCUT2D eigenvalue weighted by molar-refractivity contribution is 6.05. The van der Waals surface area contributed by atoms with Crippen molar-refractivity contribution in [3.8, 4) is 0 Å². The number of hydrazone groups is 1. The van der Waals surface area contributed by atoms with Crippen molar-refractivity contribution in [2.24, 2.45) is 5.10 Å². The average Bonchev–Trinajstić information content (AvgIpc) is 2.76. The molecule has 2 aromatic rings. The second-order valence-corrected chi connectivity index (χ2v) is 4.73. The van der Waals surface area contributed by atoms with E-state index in [1.807, 2.05) is 72.7 Å². The van der Waals surface area contributed by atoms with Crippen LogP contribution in [0, 0.1) is 0 Å². The summed E-state index contributed by atoms with van der Waals surface area (Å²) >= 11 is 0. The molecule has 3 nitrogen and oxygen atoms in total. The topological polar surface area (TPSA) is 35.8 Å². The highest BCUT2D eigenvalue weighted by Gasteiger charge is 2.35. The first kappa shape index (κ1) is 11.9. The zero-order chi connectivity index (χ0) is 13.2. The molecule has 1 aliphatic heterocycles. The van der Waals surface area contributed by atoms with Crippen LogP contribution in [0.3, 0.4) is 0 Å². The lowest BCUT2D eigenvalue weighted by Crippen LogP contribution is -2.28. The zero-order valence-electron chi connectivity index (χ0n) is 10.8. The third kappa shape index (κ3) is 2.13. The second kappa shape index (κ2) is 4.86. The number of benzene rings is 2. The number of rotatable bonds is 2. The van der Waals surface area contributed by atoms with Gasteiger partial charge in [-0.25, -0.2) is 0 Å². The van der Waals surface area contributed by atoms with Crippen LogP contribution in [0.2, 0.25) is 0 Å². The number of hydrogen-bond donors (Lipinski definition) is 1. The first-order valence-electron chi connectivity index (χ1n) is 6.37. The molecule has 3 rings (SSSR count). The molecule has 0 saturated carbocycles. The molecule has 0 radical (unpaired) electrons. The highest BCUT2D eigenvalue weighted by Crippen LogP contribution is 2.31. The van der Waals surface area contributed by atoms with Crippen LogP contribution >= 0.6 is 0 Å². The third-order valence-corrected chi connectivity index (χ3v) is 3.46. The van der Waals surface area contributed by atoms with Gasteiger partial charge in [-0.2, -0.15) is 5.10 Å². The molecule has 0 bridgehead atoms. The average molecular weight is 252 g/mol. The summed E-state index contributed by atoms with van der Waals surface area (Å²) in [6, 6.07) is 19.7. The minimum Gasteiger partial charge on any atom is -0.384 e. The lowest BCUT2D eigenvalue weighted by atomic mass is 9.96. The minimum atomic E-state index is -0.602. The van der Waals surface area contributed by atoms with Gasteiger partial charge in [0.15, 0.2) is 0 Å². The van der Waals surface area contributed by atoms with E-state index in [9.17, 15) is 5.11 Å². The van der Waals surface area contributed by atoms with Crippen LogP contribution in [0.25, 0.3) is 0 Å². The number of likely N-dealkylation sites (N-methyl/N-ethyl adjacent to an activating group) is 1. The maximum atomic E-state index is 10.6. The van der Waals surface area contributed by atoms with E-state index in [1.165, 1.54) is 0 Å². The largest absolute Gasteiger partial charge is 0.384 e. The van der Waals surface area contributed by atoms with E-state index >= 15 is 0 Å². The summed E-state index contributed by atoms with van der Waals surface area (Å²) in [5, 5.41) is 16.9. The molecule has 0 saturated heterocycles. The molecule has 0 amide bonds. The van der Waals surface area contributed by atoms with Crippen LogP contribution in [0.5, 0.6) is 0 Å². The Hall–Kier alpha value is -2.13. The van der Waals surface area contributed by atoms with Crippen molar-refractivity contribution in [3.63, 3.8) is 0 Å². The Kier molecular flexibility index (Phi) is 3.05. The summed E-state index contributed by atoms with van der Waals surface area (Å²) in [5.41, 5.74) is 2.78. The Labute approximate surface area is 112 Å². The molecule has 2 atom stereocenters. The van der Waals surface area contributed by atoms with E-state index in [0.717, 1.165) is 16.8 Å². The van der Waals surface area contributed by atoms with Gasteiger partial charge in [0.1, 0.15) is 12.1 Å². The van der Waals surface area contributed by atoms with E-state index in [-0.39, 0.29) is 6.04 Å². The van der Waals surface area contributed by atoms with Gasteiger partial charge in [0, 0.05) is 12.6 Å². The van der Waals surface area contributed by atoms with E-state index in [2.05, 4.69) is 5.10 Å². The summed E-state index contributed by atoms with van der Waals surface area (Å²) in [4.78, 5) is 0. The Morgan fingerprint density at radius 1 is 0.947 bits per heavy atom. The van der Waals surface area contributed by atoms with E-state index in [1.54, 1.807) is 0 Å². The van der Waals surface area contributed by atoms with E-state index in [4.69, 9.17) is 0 Å². The van der Waals surface area contributed by atoms with Crippen LogP contribution in [-0.4, -0.2) is 29.0 Å². The van der Waals surface area contributed by atoms with Crippen LogP contribution in [-0.2, 0) is 0 Å². The van der Waals surface area contributed by atoms with Gasteiger partial charge < -0.3 is 5.11 Å². The molecule has 19 heavy (non-hydrogen) atoms. The molecular weight excluding hydrogens is 236 g/mol. The van der Waals surface area contributed by atoms with Crippen molar-refractivity contribution in [2.45, 2.75) is 12.1 Å². The molecule has 1 heterocycles. The zero-order valence-corrected chi connectivity index (χ0v) is 10.8. The van der Waals surface area contributed by atoms with E-state index < -0.39 is 6.10 Å². The Balaban J connectivity index is 1.94. The van der Waals surface area contributed by atoms with Crippen LogP contribution in [0.1, 0.15) is 17.2 Å². The molecule has 0 aliphatic carbocycles. The fourth-order valence-corrected chi connectivity index (χ4v) is 2.53. The maximum Gasteiger partial charge on any atom is 0.124 e. The van der Waals surface area contributed by atoms with Gasteiger partial charge in [-0.3, -0.25) is 5.01 Å². The van der Waals surface area contributed by atoms with Crippen LogP contribution in [0.4, 0.5) is 0 Å². The third-order valence-electron chi connectivity index (χ3n) is 3.46. The lowest BCUT2D eigenvalue weighted by molar-refractivity contribution is 0.139. The minimum absolute atomic E-state index is 0.114. The highest BCUT2D eigenvalue weighted by atomic mass is 16.3. The first-order chi connectivity index (χ1) is 9.27. The van der Waals surface area contributed by atoms with Crippen LogP contribution < -0.4 is 0 Å². The van der Waals surface area contributed by atoms with Crippen molar-refractivity contribution in [2.75, 3.05) is 7.05 Å². The van der Waals surface area contributed by atoms with Gasteiger partial charge in [-0.15, -0.1) is 0 Å². The molecule has 1 aliphatic rings. The summed E-state index contributed by atoms with van der Waals surface area (Å²) in [6.45, 7) is 0. The fourth-order valence-electron chi connectivity index (χ4n) is 2.53. The smallest absolute Gasteiger partial charge is 0.124 e. The van der Waals surface area contributed by atoms with Crippen LogP contribution in [0.15, 0.2) is 65.8 Å². The summed E-state index contributed by atoms with van der Waals surface area (Å²) < 4.78 is 0. The number of aliphatic hydroxyl groups excluding tert-OH is 1. The standard InChI is InChI=1S/C16H16N2O/c1-18-15(13-10-6-3-7-11-13)16(19)14(17-18)12-8-4-2-5-9-12/h2-11,15-16,19H,1H3. The molecule has 3 heteroatoms. The number of nitrogens with zero attached hydrogens (tertiary/aromatic N) is 2. The normalized spacial score (nSPS) is 22.4. The predicted octanol–water partition coefficient (Wildman–Crippen LogP) is 2.44. The van der Waals surface area contributed by atoms with E-state index in [0.29, 0.717) is 0 Å². The SMILES string of the molecule is CN1N=C(c2ccccc2)C(O)C1c1ccccc1. The van der Waals surface area contributed by atoms with Gasteiger partial charge in [0.25, 0.3) is 0 Å². The van der Waals surface area contributed by atoms with Crippen molar-refractivity contribution >= 4 is 5.71 Å². The molecule has 2 aromatic carbocycles. The molecule has 2 unspecified atom stereocenters. The summed E-state index contributed by atoms with van der Waals surface area (Å²) in [5.74, 6) is 0. The van der Waals surface area contributed by atoms with Gasteiger partial charge in [0.05, 0.1) is 5.71 Å². The van der Waals surface area contributed by atoms with Crippen molar-refractivity contribution in [1.82, 2.24) is 5.01 Å². The van der Waals surface area contributed by atoms with Gasteiger partial charge >= 0.3 is 0 Å². The van der Waals surface area contributed by atoms with Crippen molar-refractivity contribution < 1.29 is 5.11 Å². The molecule has 0 fully saturated rings. The molecule has 1 N–H and O–H groups in total. The van der Waals surface area contributed by atoms with Gasteiger partial charge in [0.2, 0.25) is 0 Å². The lowest BCUT2D eigenvalue weighted by Gasteiger charge is -2.22. The summed E-state index contributed by atoms with van der Waals surface area (Å²) in [7, 11) is 1.90. The van der Waals surface area contributed by atoms with Crippen molar-refractivity contribution in [1.29, 1.82) is 0 Å². The first-order valence-corrected chi connectivity index (χ1v) is 6.37. The fraction of sp³-hybridized carbons (Fsp3) is 0.188. The monoisotopic (exact) mass is 252 g/mol. The second-order valence-electron chi connectivity index (χ2n) is 4.73. The van der Waals surface area contributed by atoms with Crippen molar-refractivity contribution in [3.05, 3.63) is 71.8 Å². The van der Waals surface area contributed by atoms with Gasteiger partial charge in [-0.05, 0) is 5.56 Å². The molecule has 0 spiro atoms. The molecule has 96 valence electrons.